The molecule has 266 valence electrons. The predicted octanol–water partition coefficient (Wildman–Crippen LogP) is 5.58. The van der Waals surface area contributed by atoms with Crippen molar-refractivity contribution < 1.29 is 58.5 Å². The first-order valence-electron chi connectivity index (χ1n) is 17.5. The third-order valence-electron chi connectivity index (χ3n) is 8.92. The summed E-state index contributed by atoms with van der Waals surface area (Å²) in [5.41, 5.74) is 10.4. The molecule has 0 bridgehead atoms. The number of benzene rings is 7. The van der Waals surface area contributed by atoms with E-state index in [9.17, 15) is 0 Å². The van der Waals surface area contributed by atoms with E-state index in [0.29, 0.717) is 13.2 Å². The fraction of sp³-hybridized carbons (Fsp3) is 0.0612. The number of hydrogen-bond donors (Lipinski definition) is 0. The Morgan fingerprint density at radius 2 is 1.06 bits per heavy atom. The molecule has 0 aliphatic heterocycles. The number of fused-ring (bicyclic) bond motifs is 4. The molecule has 0 aromatic heterocycles. The first kappa shape index (κ1) is 40.3. The third kappa shape index (κ3) is 10.6. The zero-order valence-electron chi connectivity index (χ0n) is 29.7. The normalized spacial score (nSPS) is 10.5. The fourth-order valence-corrected chi connectivity index (χ4v) is 7.03. The molecule has 2 nitrogen and oxygen atoms in total. The zero-order chi connectivity index (χ0) is 35.4. The van der Waals surface area contributed by atoms with Crippen molar-refractivity contribution in [2.24, 2.45) is 0 Å². The average molecular weight is 821 g/mol. The van der Waals surface area contributed by atoms with E-state index in [1.54, 1.807) is 0 Å². The second-order valence-electron chi connectivity index (χ2n) is 12.5. The monoisotopic (exact) mass is 818 g/mol. The minimum atomic E-state index is 0. The van der Waals surface area contributed by atoms with Crippen LogP contribution in [-0.4, -0.2) is 3.21 Å². The van der Waals surface area contributed by atoms with E-state index in [2.05, 4.69) is 152 Å². The largest absolute Gasteiger partial charge is 0.495 e. The van der Waals surface area contributed by atoms with Crippen molar-refractivity contribution >= 4 is 14.0 Å². The third-order valence-corrected chi connectivity index (χ3v) is 10.3. The molecule has 0 amide bonds. The first-order valence-corrected chi connectivity index (χ1v) is 18.7. The molecule has 8 aromatic rings. The van der Waals surface area contributed by atoms with Gasteiger partial charge in [-0.05, 0) is 17.5 Å². The van der Waals surface area contributed by atoms with Gasteiger partial charge in [0.2, 0.25) is 0 Å². The smallest absolute Gasteiger partial charge is 0.142 e. The molecule has 5 heteroatoms. The SMILES string of the molecule is [Cl-].[Cl-].[Zr+2]=[C](c1ccccc1)c1ccccc1.[c-]1cccc2c1Cc1ccccc1-2.c1ccc(COc2cc3cc[cH-]c3cc2OCc2ccccc2)cc1. The van der Waals surface area contributed by atoms with E-state index in [1.165, 1.54) is 60.8 Å². The molecular formula is C49H38Cl2O2Zr-2. The van der Waals surface area contributed by atoms with E-state index in [4.69, 9.17) is 9.47 Å². The van der Waals surface area contributed by atoms with Gasteiger partial charge in [-0.25, -0.2) is 0 Å². The van der Waals surface area contributed by atoms with Crippen LogP contribution in [-0.2, 0) is 43.9 Å². The Hall–Kier alpha value is -4.92. The van der Waals surface area contributed by atoms with Gasteiger partial charge in [-0.1, -0.05) is 108 Å². The summed E-state index contributed by atoms with van der Waals surface area (Å²) in [6.45, 7) is 1.05. The van der Waals surface area contributed by atoms with Gasteiger partial charge in [-0.15, -0.1) is 22.4 Å². The van der Waals surface area contributed by atoms with E-state index in [0.717, 1.165) is 39.8 Å². The molecular weight excluding hydrogens is 783 g/mol. The van der Waals surface area contributed by atoms with Gasteiger partial charge in [0.25, 0.3) is 0 Å². The molecule has 9 rings (SSSR count). The second-order valence-corrected chi connectivity index (χ2v) is 13.7. The molecule has 8 aromatic carbocycles. The van der Waals surface area contributed by atoms with E-state index in [1.807, 2.05) is 48.5 Å². The number of halogens is 2. The van der Waals surface area contributed by atoms with Crippen molar-refractivity contribution in [3.63, 3.8) is 0 Å². The van der Waals surface area contributed by atoms with Gasteiger partial charge < -0.3 is 34.3 Å². The van der Waals surface area contributed by atoms with Gasteiger partial charge in [0.1, 0.15) is 24.7 Å². The summed E-state index contributed by atoms with van der Waals surface area (Å²) in [6.07, 6.45) is 1.05. The first-order chi connectivity index (χ1) is 25.7. The van der Waals surface area contributed by atoms with Crippen molar-refractivity contribution in [1.82, 2.24) is 0 Å². The van der Waals surface area contributed by atoms with Gasteiger partial charge >= 0.3 is 99.2 Å². The quantitative estimate of drug-likeness (QED) is 0.187. The maximum Gasteiger partial charge on any atom is 0.142 e. The van der Waals surface area contributed by atoms with Gasteiger partial charge in [0.05, 0.1) is 0 Å². The van der Waals surface area contributed by atoms with E-state index in [-0.39, 0.29) is 24.8 Å². The molecule has 0 radical (unpaired) electrons. The zero-order valence-corrected chi connectivity index (χ0v) is 33.6. The van der Waals surface area contributed by atoms with Crippen LogP contribution in [0.2, 0.25) is 0 Å². The Morgan fingerprint density at radius 1 is 0.556 bits per heavy atom. The van der Waals surface area contributed by atoms with Gasteiger partial charge in [-0.2, -0.15) is 42.0 Å². The van der Waals surface area contributed by atoms with Crippen LogP contribution in [0.5, 0.6) is 11.5 Å². The number of hydrogen-bond acceptors (Lipinski definition) is 2. The van der Waals surface area contributed by atoms with Crippen LogP contribution in [0.1, 0.15) is 33.4 Å². The summed E-state index contributed by atoms with van der Waals surface area (Å²) in [4.78, 5) is 0. The topological polar surface area (TPSA) is 18.5 Å². The molecule has 1 aliphatic carbocycles. The molecule has 0 saturated carbocycles. The maximum atomic E-state index is 6.06. The van der Waals surface area contributed by atoms with Crippen molar-refractivity contribution in [2.75, 3.05) is 0 Å². The average Bonchev–Trinajstić information content (AvgIpc) is 3.85. The molecule has 0 spiro atoms. The van der Waals surface area contributed by atoms with Crippen LogP contribution in [0.15, 0.2) is 194 Å². The summed E-state index contributed by atoms with van der Waals surface area (Å²) in [5, 5.41) is 2.32. The second kappa shape index (κ2) is 20.5. The number of rotatable bonds is 8. The Labute approximate surface area is 346 Å². The molecule has 0 saturated heterocycles. The molecule has 0 atom stereocenters. The van der Waals surface area contributed by atoms with Gasteiger partial charge in [0, 0.05) is 0 Å². The van der Waals surface area contributed by atoms with Crippen LogP contribution in [0.25, 0.3) is 21.9 Å². The van der Waals surface area contributed by atoms with E-state index >= 15 is 0 Å². The molecule has 0 heterocycles. The summed E-state index contributed by atoms with van der Waals surface area (Å²) in [6, 6.07) is 69.9. The predicted molar refractivity (Wildman–Crippen MR) is 211 cm³/mol. The minimum Gasteiger partial charge on any atom is -0.495 e. The number of ether oxygens (including phenoxy) is 2. The van der Waals surface area contributed by atoms with Crippen molar-refractivity contribution in [3.05, 3.63) is 234 Å². The maximum absolute atomic E-state index is 6.06. The Bertz CT molecular complexity index is 2180. The van der Waals surface area contributed by atoms with Crippen LogP contribution >= 0.6 is 0 Å². The molecule has 1 aliphatic rings. The molecule has 54 heavy (non-hydrogen) atoms. The summed E-state index contributed by atoms with van der Waals surface area (Å²) in [7, 11) is 0. The Kier molecular flexibility index (Phi) is 15.3. The van der Waals surface area contributed by atoms with E-state index < -0.39 is 0 Å². The Morgan fingerprint density at radius 3 is 1.65 bits per heavy atom. The van der Waals surface area contributed by atoms with Crippen molar-refractivity contribution in [1.29, 1.82) is 0 Å². The van der Waals surface area contributed by atoms with Crippen LogP contribution in [0.4, 0.5) is 0 Å². The summed E-state index contributed by atoms with van der Waals surface area (Å²) >= 11 is 1.46. The van der Waals surface area contributed by atoms with Gasteiger partial charge in [0.15, 0.2) is 0 Å². The van der Waals surface area contributed by atoms with Gasteiger partial charge in [-0.3, -0.25) is 0 Å². The van der Waals surface area contributed by atoms with Crippen LogP contribution in [0, 0.1) is 6.07 Å². The fourth-order valence-electron chi connectivity index (χ4n) is 6.21. The Balaban J connectivity index is 0.000000165. The van der Waals surface area contributed by atoms with Crippen LogP contribution < -0.4 is 34.3 Å². The summed E-state index contributed by atoms with van der Waals surface area (Å²) in [5.74, 6) is 1.55. The molecule has 0 N–H and O–H groups in total. The minimum absolute atomic E-state index is 0. The molecule has 0 fully saturated rings. The van der Waals surface area contributed by atoms with Crippen molar-refractivity contribution in [2.45, 2.75) is 19.6 Å². The standard InChI is InChI=1S/C23H19O2.C13H9.C13H10.2ClH.Zr/c1-3-8-18(9-4-1)16-24-22-14-20-12-7-13-21(20)15-23(22)25-17-19-10-5-2-6-11-19;1-3-7-12-10(5-1)9-11-6-2-4-8-13(11)12;1-3-7-12(8-4-1)11-13-9-5-2-6-10-13;;;/h1-15H,16-17H2;1-5,7-8H,9H2;1-10H;2*1H;/q2*-1;;;;+2/p-2. The summed E-state index contributed by atoms with van der Waals surface area (Å²) < 4.78 is 13.5. The molecule has 0 unspecified atom stereocenters. The van der Waals surface area contributed by atoms with Crippen molar-refractivity contribution in [3.8, 4) is 22.6 Å². The van der Waals surface area contributed by atoms with Crippen LogP contribution in [0.3, 0.4) is 0 Å².